The molecule has 0 fully saturated rings. The molecule has 0 unspecified atom stereocenters. The van der Waals surface area contributed by atoms with Crippen LogP contribution < -0.4 is 0 Å². The molecule has 0 saturated heterocycles. The number of sulfone groups is 1. The Labute approximate surface area is 190 Å². The van der Waals surface area contributed by atoms with Crippen molar-refractivity contribution < 1.29 is 27.9 Å². The maximum atomic E-state index is 11.7. The van der Waals surface area contributed by atoms with E-state index in [0.717, 1.165) is 11.8 Å². The van der Waals surface area contributed by atoms with Gasteiger partial charge in [-0.1, -0.05) is 32.5 Å². The van der Waals surface area contributed by atoms with Gasteiger partial charge in [0.15, 0.2) is 9.84 Å². The maximum Gasteiger partial charge on any atom is 0.403 e. The van der Waals surface area contributed by atoms with Gasteiger partial charge in [-0.15, -0.1) is 0 Å². The van der Waals surface area contributed by atoms with Gasteiger partial charge in [0.25, 0.3) is 0 Å². The normalized spacial score (nSPS) is 8.89. The van der Waals surface area contributed by atoms with E-state index in [2.05, 4.69) is 42.0 Å². The molecular formula is C16H26ClI2NO6S. The molecule has 11 heteroatoms. The first-order valence-corrected chi connectivity index (χ1v) is 15.0. The quantitative estimate of drug-likeness (QED) is 0.223. The first-order valence-electron chi connectivity index (χ1n) is 6.65. The number of carbonyl (C=O) groups is 2. The van der Waals surface area contributed by atoms with Gasteiger partial charge in [-0.3, -0.25) is 4.79 Å². The minimum atomic E-state index is -3.41. The smallest absolute Gasteiger partial charge is 0.403 e. The molecule has 0 aliphatic carbocycles. The lowest BCUT2D eigenvalue weighted by atomic mass is 10.2. The first kappa shape index (κ1) is 34.1. The second-order valence-corrected chi connectivity index (χ2v) is 6.77. The molecular weight excluding hydrogens is 624 g/mol. The summed E-state index contributed by atoms with van der Waals surface area (Å²) in [6.45, 7) is 1.63. The SMILES string of the molecule is C.C.Cc1ccc(S(=O)(=O)CCOC(=O)Cl)cc1.II.N=CCCC(=O)O. The molecule has 0 atom stereocenters. The topological polar surface area (TPSA) is 122 Å². The summed E-state index contributed by atoms with van der Waals surface area (Å²) in [5.74, 6) is -1.11. The van der Waals surface area contributed by atoms with Gasteiger partial charge in [0.2, 0.25) is 0 Å². The van der Waals surface area contributed by atoms with E-state index in [1.165, 1.54) is 12.1 Å². The van der Waals surface area contributed by atoms with Crippen LogP contribution in [0, 0.1) is 12.3 Å². The van der Waals surface area contributed by atoms with Crippen molar-refractivity contribution in [2.75, 3.05) is 12.4 Å². The number of hydrogen-bond donors (Lipinski definition) is 2. The molecule has 0 bridgehead atoms. The fourth-order valence-electron chi connectivity index (χ4n) is 1.29. The number of carboxylic acids is 1. The summed E-state index contributed by atoms with van der Waals surface area (Å²) in [6.07, 6.45) is 1.51. The van der Waals surface area contributed by atoms with Crippen LogP contribution in [0.25, 0.3) is 0 Å². The molecule has 27 heavy (non-hydrogen) atoms. The summed E-state index contributed by atoms with van der Waals surface area (Å²) >= 11 is 9.16. The molecule has 0 amide bonds. The summed E-state index contributed by atoms with van der Waals surface area (Å²) in [5, 5.41) is 14.3. The van der Waals surface area contributed by atoms with Crippen molar-refractivity contribution in [3.63, 3.8) is 0 Å². The fraction of sp³-hybridized carbons (Fsp3) is 0.438. The molecule has 0 aliphatic heterocycles. The van der Waals surface area contributed by atoms with Crippen molar-refractivity contribution >= 4 is 76.3 Å². The molecule has 0 saturated carbocycles. The molecule has 2 N–H and O–H groups in total. The van der Waals surface area contributed by atoms with E-state index in [-0.39, 0.29) is 38.5 Å². The van der Waals surface area contributed by atoms with E-state index >= 15 is 0 Å². The second-order valence-electron chi connectivity index (χ2n) is 4.35. The molecule has 0 heterocycles. The molecule has 0 spiro atoms. The molecule has 1 aromatic rings. The zero-order valence-corrected chi connectivity index (χ0v) is 19.1. The summed E-state index contributed by atoms with van der Waals surface area (Å²) in [6, 6.07) is 6.46. The highest BCUT2D eigenvalue weighted by Gasteiger charge is 2.14. The molecule has 158 valence electrons. The van der Waals surface area contributed by atoms with Crippen LogP contribution in [0.3, 0.4) is 0 Å². The minimum Gasteiger partial charge on any atom is -0.481 e. The van der Waals surface area contributed by atoms with Crippen LogP contribution in [0.15, 0.2) is 29.2 Å². The summed E-state index contributed by atoms with van der Waals surface area (Å²) < 4.78 is 27.8. The highest BCUT2D eigenvalue weighted by atomic mass is 128. The van der Waals surface area contributed by atoms with Crippen molar-refractivity contribution in [2.45, 2.75) is 39.5 Å². The van der Waals surface area contributed by atoms with Crippen molar-refractivity contribution in [3.05, 3.63) is 29.8 Å². The van der Waals surface area contributed by atoms with Crippen molar-refractivity contribution in [3.8, 4) is 0 Å². The monoisotopic (exact) mass is 649 g/mol. The molecule has 1 aromatic carbocycles. The Morgan fingerprint density at radius 3 is 2.04 bits per heavy atom. The molecule has 0 aromatic heterocycles. The van der Waals surface area contributed by atoms with Gasteiger partial charge in [0.05, 0.1) is 17.1 Å². The van der Waals surface area contributed by atoms with Crippen molar-refractivity contribution in [1.29, 1.82) is 5.41 Å². The lowest BCUT2D eigenvalue weighted by Crippen LogP contribution is -2.13. The number of rotatable bonds is 7. The van der Waals surface area contributed by atoms with Gasteiger partial charge < -0.3 is 15.3 Å². The van der Waals surface area contributed by atoms with E-state index in [4.69, 9.17) is 22.1 Å². The number of carboxylic acid groups (broad SMARTS) is 1. The highest BCUT2D eigenvalue weighted by molar-refractivity contribution is 15.0. The average Bonchev–Trinajstić information content (AvgIpc) is 2.55. The lowest BCUT2D eigenvalue weighted by Gasteiger charge is -2.04. The van der Waals surface area contributed by atoms with Crippen LogP contribution >= 0.6 is 48.8 Å². The number of nitrogens with one attached hydrogen (secondary N) is 1. The number of benzene rings is 1. The Bertz CT molecular complexity index is 639. The Balaban J connectivity index is -0.000000206. The highest BCUT2D eigenvalue weighted by Crippen LogP contribution is 2.12. The molecule has 0 radical (unpaired) electrons. The van der Waals surface area contributed by atoms with E-state index in [9.17, 15) is 18.0 Å². The zero-order valence-electron chi connectivity index (χ0n) is 13.2. The molecule has 0 aliphatic rings. The van der Waals surface area contributed by atoms with E-state index in [1.807, 2.05) is 6.92 Å². The van der Waals surface area contributed by atoms with E-state index in [0.29, 0.717) is 6.42 Å². The van der Waals surface area contributed by atoms with E-state index < -0.39 is 21.2 Å². The number of aliphatic carboxylic acids is 1. The number of ether oxygens (including phenoxy) is 1. The summed E-state index contributed by atoms with van der Waals surface area (Å²) in [5.41, 5.74) is -0.0229. The molecule has 7 nitrogen and oxygen atoms in total. The second kappa shape index (κ2) is 20.3. The number of carbonyl (C=O) groups excluding carboxylic acids is 1. The standard InChI is InChI=1S/C10H11ClO4S.C4H7NO2.2CH4.I2/c1-8-2-4-9(5-3-8)16(13,14)7-6-15-10(11)12;5-3-1-2-4(6)7;;;1-2/h2-5H,6-7H2,1H3;3,5H,1-2H2,(H,6,7);2*1H4;. The van der Waals surface area contributed by atoms with Gasteiger partial charge in [-0.05, 0) is 31.7 Å². The van der Waals surface area contributed by atoms with Gasteiger partial charge in [0.1, 0.15) is 6.61 Å². The van der Waals surface area contributed by atoms with Crippen molar-refractivity contribution in [2.24, 2.45) is 0 Å². The largest absolute Gasteiger partial charge is 0.481 e. The fourth-order valence-corrected chi connectivity index (χ4v) is 2.46. The van der Waals surface area contributed by atoms with Crippen LogP contribution in [-0.4, -0.2) is 43.5 Å². The number of halogens is 3. The van der Waals surface area contributed by atoms with Crippen molar-refractivity contribution in [1.82, 2.24) is 0 Å². The predicted octanol–water partition coefficient (Wildman–Crippen LogP) is 5.69. The number of hydrogen-bond acceptors (Lipinski definition) is 6. The van der Waals surface area contributed by atoms with Crippen LogP contribution in [0.1, 0.15) is 33.3 Å². The maximum absolute atomic E-state index is 11.7. The third kappa shape index (κ3) is 20.1. The van der Waals surface area contributed by atoms with Gasteiger partial charge in [-0.25, -0.2) is 13.2 Å². The number of aryl methyl sites for hydroxylation is 1. The zero-order chi connectivity index (χ0) is 19.9. The van der Waals surface area contributed by atoms with Gasteiger partial charge in [-0.2, -0.15) is 0 Å². The van der Waals surface area contributed by atoms with E-state index in [1.54, 1.807) is 12.1 Å². The Kier molecular flexibility index (Phi) is 25.6. The van der Waals surface area contributed by atoms with Crippen LogP contribution in [0.4, 0.5) is 4.79 Å². The Morgan fingerprint density at radius 1 is 1.22 bits per heavy atom. The summed E-state index contributed by atoms with van der Waals surface area (Å²) in [7, 11) is -3.41. The van der Waals surface area contributed by atoms with Crippen LogP contribution in [0.5, 0.6) is 0 Å². The van der Waals surface area contributed by atoms with Gasteiger partial charge >= 0.3 is 11.4 Å². The third-order valence-corrected chi connectivity index (χ3v) is 4.25. The molecule has 1 rings (SSSR count). The lowest BCUT2D eigenvalue weighted by molar-refractivity contribution is -0.136. The predicted molar refractivity (Wildman–Crippen MR) is 128 cm³/mol. The average molecular weight is 650 g/mol. The minimum absolute atomic E-state index is 0. The Morgan fingerprint density at radius 2 is 1.70 bits per heavy atom. The third-order valence-electron chi connectivity index (χ3n) is 2.45. The van der Waals surface area contributed by atoms with Crippen LogP contribution in [0.2, 0.25) is 0 Å². The van der Waals surface area contributed by atoms with Gasteiger partial charge in [0, 0.05) is 48.8 Å². The first-order chi connectivity index (χ1) is 11.7. The van der Waals surface area contributed by atoms with Crippen LogP contribution in [-0.2, 0) is 19.4 Å². The summed E-state index contributed by atoms with van der Waals surface area (Å²) in [4.78, 5) is 20.1. The Hall–Kier alpha value is -0.470.